The number of alkyl halides is 1. The average molecular weight is 417 g/mol. The number of nitrogens with zero attached hydrogens (tertiary/aromatic N) is 2. The first-order valence-corrected chi connectivity index (χ1v) is 9.61. The molecule has 0 aromatic carbocycles. The maximum Gasteiger partial charge on any atom is 0.349 e. The molecule has 2 N–H and O–H groups in total. The van der Waals surface area contributed by atoms with Crippen LogP contribution in [0.25, 0.3) is 0 Å². The molecule has 2 atom stereocenters. The first-order valence-electron chi connectivity index (χ1n) is 7.98. The molecule has 1 fully saturated rings. The lowest BCUT2D eigenvalue weighted by molar-refractivity contribution is 0.0606. The Morgan fingerprint density at radius 1 is 1.50 bits per heavy atom. The normalized spacial score (nSPS) is 20.1. The van der Waals surface area contributed by atoms with Crippen LogP contribution in [0.4, 0.5) is 5.13 Å². The Labute approximate surface area is 164 Å². The molecule has 0 aliphatic carbocycles. The molecule has 1 amide bonds. The standard InChI is InChI=1S/C16H18Cl2N4O3S/c1-8-9(17)5-12(20-8)14(23)21-11-3-4-22(7-10(11)18)16-19-6-13(26-16)15(24)25-2/h5-6,10-11,20H,3-4,7H2,1-2H3,(H,21,23)/t10-,11+/m0/s1. The summed E-state index contributed by atoms with van der Waals surface area (Å²) in [6.45, 7) is 3.00. The zero-order valence-corrected chi connectivity index (χ0v) is 16.5. The van der Waals surface area contributed by atoms with E-state index in [0.717, 1.165) is 5.69 Å². The van der Waals surface area contributed by atoms with Gasteiger partial charge in [0.15, 0.2) is 5.13 Å². The van der Waals surface area contributed by atoms with E-state index in [0.29, 0.717) is 40.2 Å². The third kappa shape index (κ3) is 3.97. The van der Waals surface area contributed by atoms with Crippen molar-refractivity contribution in [1.29, 1.82) is 0 Å². The summed E-state index contributed by atoms with van der Waals surface area (Å²) in [5, 5.41) is 3.91. The summed E-state index contributed by atoms with van der Waals surface area (Å²) in [6.07, 6.45) is 2.17. The second-order valence-corrected chi connectivity index (χ2v) is 7.96. The highest BCUT2D eigenvalue weighted by atomic mass is 35.5. The number of nitrogens with one attached hydrogen (secondary N) is 2. The van der Waals surface area contributed by atoms with Crippen LogP contribution in [-0.4, -0.2) is 53.5 Å². The second kappa shape index (κ2) is 7.85. The van der Waals surface area contributed by atoms with Gasteiger partial charge < -0.3 is 19.9 Å². The zero-order valence-electron chi connectivity index (χ0n) is 14.2. The van der Waals surface area contributed by atoms with Gasteiger partial charge in [-0.2, -0.15) is 0 Å². The van der Waals surface area contributed by atoms with E-state index in [2.05, 4.69) is 15.3 Å². The molecular formula is C16H18Cl2N4O3S. The Balaban J connectivity index is 1.60. The van der Waals surface area contributed by atoms with E-state index in [4.69, 9.17) is 27.9 Å². The van der Waals surface area contributed by atoms with Gasteiger partial charge in [0.05, 0.1) is 23.7 Å². The molecule has 3 rings (SSSR count). The van der Waals surface area contributed by atoms with Crippen molar-refractivity contribution < 1.29 is 14.3 Å². The van der Waals surface area contributed by atoms with Crippen LogP contribution in [0, 0.1) is 6.92 Å². The topological polar surface area (TPSA) is 87.3 Å². The van der Waals surface area contributed by atoms with Crippen LogP contribution in [0.3, 0.4) is 0 Å². The number of methoxy groups -OCH3 is 1. The number of amides is 1. The second-order valence-electron chi connectivity index (χ2n) is 5.99. The number of rotatable bonds is 4. The molecule has 2 aromatic rings. The van der Waals surface area contributed by atoms with Crippen LogP contribution in [0.1, 0.15) is 32.3 Å². The minimum absolute atomic E-state index is 0.164. The third-order valence-corrected chi connectivity index (χ3v) is 6.08. The smallest absolute Gasteiger partial charge is 0.349 e. The SMILES string of the molecule is COC(=O)c1cnc(N2CC[C@@H](NC(=O)c3cc(Cl)c(C)[nH]3)[C@@H](Cl)C2)s1. The van der Waals surface area contributed by atoms with Gasteiger partial charge in [-0.15, -0.1) is 11.6 Å². The van der Waals surface area contributed by atoms with Crippen molar-refractivity contribution in [1.82, 2.24) is 15.3 Å². The highest BCUT2D eigenvalue weighted by Gasteiger charge is 2.31. The van der Waals surface area contributed by atoms with E-state index < -0.39 is 5.97 Å². The minimum Gasteiger partial charge on any atom is -0.465 e. The monoisotopic (exact) mass is 416 g/mol. The Bertz CT molecular complexity index is 803. The van der Waals surface area contributed by atoms with Gasteiger partial charge in [-0.1, -0.05) is 22.9 Å². The first-order chi connectivity index (χ1) is 12.4. The number of thiazole rings is 1. The van der Waals surface area contributed by atoms with Crippen LogP contribution >= 0.6 is 34.5 Å². The summed E-state index contributed by atoms with van der Waals surface area (Å²) in [5.41, 5.74) is 1.17. The summed E-state index contributed by atoms with van der Waals surface area (Å²) in [6, 6.07) is 1.44. The zero-order chi connectivity index (χ0) is 18.8. The van der Waals surface area contributed by atoms with Crippen LogP contribution in [0.5, 0.6) is 0 Å². The molecule has 0 unspecified atom stereocenters. The van der Waals surface area contributed by atoms with Gasteiger partial charge in [0.2, 0.25) is 0 Å². The fraction of sp³-hybridized carbons (Fsp3) is 0.438. The number of piperidine rings is 1. The molecular weight excluding hydrogens is 399 g/mol. The molecule has 0 radical (unpaired) electrons. The third-order valence-electron chi connectivity index (χ3n) is 4.20. The van der Waals surface area contributed by atoms with Gasteiger partial charge in [0.25, 0.3) is 5.91 Å². The molecule has 3 heterocycles. The largest absolute Gasteiger partial charge is 0.465 e. The highest BCUT2D eigenvalue weighted by molar-refractivity contribution is 7.17. The van der Waals surface area contributed by atoms with Gasteiger partial charge in [-0.05, 0) is 19.4 Å². The Kier molecular flexibility index (Phi) is 5.74. The first kappa shape index (κ1) is 19.0. The Morgan fingerprint density at radius 3 is 2.88 bits per heavy atom. The molecule has 0 bridgehead atoms. The van der Waals surface area contributed by atoms with E-state index in [1.165, 1.54) is 24.6 Å². The Hall–Kier alpha value is -1.77. The molecule has 2 aromatic heterocycles. The van der Waals surface area contributed by atoms with E-state index >= 15 is 0 Å². The number of hydrogen-bond acceptors (Lipinski definition) is 6. The van der Waals surface area contributed by atoms with Crippen molar-refractivity contribution in [2.45, 2.75) is 24.8 Å². The highest BCUT2D eigenvalue weighted by Crippen LogP contribution is 2.28. The van der Waals surface area contributed by atoms with Crippen LogP contribution in [-0.2, 0) is 4.74 Å². The van der Waals surface area contributed by atoms with E-state index in [-0.39, 0.29) is 17.3 Å². The number of hydrogen-bond donors (Lipinski definition) is 2. The number of halogens is 2. The summed E-state index contributed by atoms with van der Waals surface area (Å²) in [4.78, 5) is 33.6. The van der Waals surface area contributed by atoms with Crippen LogP contribution in [0.2, 0.25) is 5.02 Å². The molecule has 0 saturated carbocycles. The maximum atomic E-state index is 12.4. The van der Waals surface area contributed by atoms with Gasteiger partial charge in [0.1, 0.15) is 10.6 Å². The predicted octanol–water partition coefficient (Wildman–Crippen LogP) is 2.84. The predicted molar refractivity (Wildman–Crippen MR) is 102 cm³/mol. The average Bonchev–Trinajstić information content (AvgIpc) is 3.23. The van der Waals surface area contributed by atoms with Gasteiger partial charge in [-0.25, -0.2) is 9.78 Å². The van der Waals surface area contributed by atoms with Gasteiger partial charge in [0, 0.05) is 24.8 Å². The molecule has 7 nitrogen and oxygen atoms in total. The number of aromatic amines is 1. The summed E-state index contributed by atoms with van der Waals surface area (Å²) in [7, 11) is 1.34. The number of aryl methyl sites for hydroxylation is 1. The molecule has 1 aliphatic heterocycles. The lowest BCUT2D eigenvalue weighted by Gasteiger charge is -2.35. The number of esters is 1. The van der Waals surface area contributed by atoms with E-state index in [9.17, 15) is 9.59 Å². The van der Waals surface area contributed by atoms with E-state index in [1.807, 2.05) is 4.90 Å². The number of ether oxygens (including phenoxy) is 1. The number of carbonyl (C=O) groups excluding carboxylic acids is 2. The van der Waals surface area contributed by atoms with Crippen molar-refractivity contribution in [3.63, 3.8) is 0 Å². The lowest BCUT2D eigenvalue weighted by Crippen LogP contribution is -2.52. The van der Waals surface area contributed by atoms with Gasteiger partial charge >= 0.3 is 5.97 Å². The lowest BCUT2D eigenvalue weighted by atomic mass is 10.0. The molecule has 0 spiro atoms. The summed E-state index contributed by atoms with van der Waals surface area (Å²) >= 11 is 13.7. The number of carbonyl (C=O) groups is 2. The number of H-pyrrole nitrogens is 1. The number of aromatic nitrogens is 2. The minimum atomic E-state index is -0.404. The maximum absolute atomic E-state index is 12.4. The van der Waals surface area contributed by atoms with Crippen molar-refractivity contribution in [3.8, 4) is 0 Å². The quantitative estimate of drug-likeness (QED) is 0.590. The van der Waals surface area contributed by atoms with Crippen LogP contribution < -0.4 is 10.2 Å². The van der Waals surface area contributed by atoms with Crippen LogP contribution in [0.15, 0.2) is 12.3 Å². The van der Waals surface area contributed by atoms with Gasteiger partial charge in [-0.3, -0.25) is 4.79 Å². The van der Waals surface area contributed by atoms with Crippen molar-refractivity contribution in [2.75, 3.05) is 25.1 Å². The Morgan fingerprint density at radius 2 is 2.27 bits per heavy atom. The number of anilines is 1. The van der Waals surface area contributed by atoms with Crippen molar-refractivity contribution in [2.24, 2.45) is 0 Å². The molecule has 140 valence electrons. The molecule has 10 heteroatoms. The fourth-order valence-corrected chi connectivity index (χ4v) is 4.13. The summed E-state index contributed by atoms with van der Waals surface area (Å²) in [5.74, 6) is -0.635. The van der Waals surface area contributed by atoms with Crippen molar-refractivity contribution >= 4 is 51.5 Å². The molecule has 26 heavy (non-hydrogen) atoms. The molecule has 1 aliphatic rings. The van der Waals surface area contributed by atoms with Crippen molar-refractivity contribution in [3.05, 3.63) is 33.6 Å². The molecule has 1 saturated heterocycles. The fourth-order valence-electron chi connectivity index (χ4n) is 2.75. The van der Waals surface area contributed by atoms with E-state index in [1.54, 1.807) is 13.0 Å². The summed E-state index contributed by atoms with van der Waals surface area (Å²) < 4.78 is 4.70.